The summed E-state index contributed by atoms with van der Waals surface area (Å²) in [7, 11) is 3.90. The van der Waals surface area contributed by atoms with Gasteiger partial charge in [0.25, 0.3) is 0 Å². The highest BCUT2D eigenvalue weighted by molar-refractivity contribution is 9.10. The fourth-order valence-electron chi connectivity index (χ4n) is 2.39. The van der Waals surface area contributed by atoms with E-state index in [4.69, 9.17) is 23.2 Å². The third-order valence-electron chi connectivity index (χ3n) is 3.59. The summed E-state index contributed by atoms with van der Waals surface area (Å²) in [6.07, 6.45) is 1.70. The van der Waals surface area contributed by atoms with E-state index in [9.17, 15) is 0 Å². The monoisotopic (exact) mass is 389 g/mol. The minimum absolute atomic E-state index is 0.103. The second-order valence-electron chi connectivity index (χ2n) is 4.90. The maximum atomic E-state index is 6.32. The molecule has 1 N–H and O–H groups in total. The molecular formula is C15H18BrCl2N3. The van der Waals surface area contributed by atoms with Crippen molar-refractivity contribution in [1.82, 2.24) is 15.1 Å². The van der Waals surface area contributed by atoms with Gasteiger partial charge in [0.1, 0.15) is 0 Å². The molecule has 2 aromatic rings. The number of rotatable bonds is 5. The summed E-state index contributed by atoms with van der Waals surface area (Å²) >= 11 is 16.0. The van der Waals surface area contributed by atoms with Gasteiger partial charge in [-0.15, -0.1) is 0 Å². The standard InChI is InChI=1S/C15H18BrCl2N3/c1-4-12-15(16)14(21(3)20-12)8-13(19-2)10-6-5-9(17)7-11(10)18/h5-7,13,19H,4,8H2,1-3H3. The zero-order valence-electron chi connectivity index (χ0n) is 12.3. The van der Waals surface area contributed by atoms with Gasteiger partial charge in [-0.1, -0.05) is 36.2 Å². The van der Waals surface area contributed by atoms with E-state index in [0.29, 0.717) is 10.0 Å². The van der Waals surface area contributed by atoms with Crippen molar-refractivity contribution in [3.63, 3.8) is 0 Å². The molecule has 21 heavy (non-hydrogen) atoms. The molecular weight excluding hydrogens is 373 g/mol. The van der Waals surface area contributed by atoms with Gasteiger partial charge in [0.15, 0.2) is 0 Å². The van der Waals surface area contributed by atoms with Crippen molar-refractivity contribution in [3.05, 3.63) is 49.7 Å². The van der Waals surface area contributed by atoms with Crippen molar-refractivity contribution >= 4 is 39.1 Å². The van der Waals surface area contributed by atoms with Gasteiger partial charge in [-0.25, -0.2) is 0 Å². The first-order chi connectivity index (χ1) is 9.97. The molecule has 0 aliphatic heterocycles. The highest BCUT2D eigenvalue weighted by atomic mass is 79.9. The Morgan fingerprint density at radius 2 is 2.10 bits per heavy atom. The third kappa shape index (κ3) is 3.62. The Hall–Kier alpha value is -0.550. The van der Waals surface area contributed by atoms with Crippen LogP contribution in [0.4, 0.5) is 0 Å². The third-order valence-corrected chi connectivity index (χ3v) is 5.06. The predicted molar refractivity (Wildman–Crippen MR) is 92.3 cm³/mol. The Morgan fingerprint density at radius 1 is 1.38 bits per heavy atom. The quantitative estimate of drug-likeness (QED) is 0.811. The van der Waals surface area contributed by atoms with Crippen LogP contribution in [0.1, 0.15) is 29.9 Å². The smallest absolute Gasteiger partial charge is 0.0766 e. The van der Waals surface area contributed by atoms with E-state index < -0.39 is 0 Å². The van der Waals surface area contributed by atoms with Gasteiger partial charge in [-0.2, -0.15) is 5.10 Å². The summed E-state index contributed by atoms with van der Waals surface area (Å²) in [6, 6.07) is 5.71. The van der Waals surface area contributed by atoms with Gasteiger partial charge in [0.05, 0.1) is 15.9 Å². The van der Waals surface area contributed by atoms with Crippen molar-refractivity contribution < 1.29 is 0 Å². The average molecular weight is 391 g/mol. The first-order valence-corrected chi connectivity index (χ1v) is 8.35. The Balaban J connectivity index is 2.33. The van der Waals surface area contributed by atoms with Crippen LogP contribution in [0.25, 0.3) is 0 Å². The number of hydrogen-bond acceptors (Lipinski definition) is 2. The normalized spacial score (nSPS) is 12.7. The van der Waals surface area contributed by atoms with E-state index in [-0.39, 0.29) is 6.04 Å². The lowest BCUT2D eigenvalue weighted by atomic mass is 10.0. The molecule has 0 aliphatic rings. The Kier molecular flexibility index (Phi) is 5.72. The van der Waals surface area contributed by atoms with Gasteiger partial charge in [0.2, 0.25) is 0 Å². The van der Waals surface area contributed by atoms with Gasteiger partial charge in [-0.05, 0) is 47.1 Å². The molecule has 0 aliphatic carbocycles. The molecule has 0 fully saturated rings. The summed E-state index contributed by atoms with van der Waals surface area (Å²) in [5.74, 6) is 0. The first-order valence-electron chi connectivity index (χ1n) is 6.80. The summed E-state index contributed by atoms with van der Waals surface area (Å²) in [5.41, 5.74) is 3.26. The molecule has 0 spiro atoms. The molecule has 1 unspecified atom stereocenters. The lowest BCUT2D eigenvalue weighted by Gasteiger charge is -2.18. The minimum Gasteiger partial charge on any atom is -0.313 e. The van der Waals surface area contributed by atoms with Crippen LogP contribution in [0.3, 0.4) is 0 Å². The molecule has 1 atom stereocenters. The van der Waals surface area contributed by atoms with Gasteiger partial charge in [0, 0.05) is 29.6 Å². The molecule has 0 saturated carbocycles. The van der Waals surface area contributed by atoms with Crippen molar-refractivity contribution in [3.8, 4) is 0 Å². The molecule has 2 rings (SSSR count). The van der Waals surface area contributed by atoms with Gasteiger partial charge >= 0.3 is 0 Å². The van der Waals surface area contributed by atoms with Crippen molar-refractivity contribution in [2.75, 3.05) is 7.05 Å². The second-order valence-corrected chi connectivity index (χ2v) is 6.53. The zero-order valence-corrected chi connectivity index (χ0v) is 15.3. The van der Waals surface area contributed by atoms with E-state index in [0.717, 1.165) is 34.3 Å². The summed E-state index contributed by atoms with van der Waals surface area (Å²) in [4.78, 5) is 0. The number of aryl methyl sites for hydroxylation is 2. The Bertz CT molecular complexity index is 640. The van der Waals surface area contributed by atoms with Crippen LogP contribution < -0.4 is 5.32 Å². The number of halogens is 3. The molecule has 0 amide bonds. The molecule has 0 radical (unpaired) electrons. The van der Waals surface area contributed by atoms with Gasteiger partial charge < -0.3 is 5.32 Å². The summed E-state index contributed by atoms with van der Waals surface area (Å²) < 4.78 is 3.01. The molecule has 0 bridgehead atoms. The first kappa shape index (κ1) is 16.8. The highest BCUT2D eigenvalue weighted by Crippen LogP contribution is 2.31. The molecule has 1 heterocycles. The van der Waals surface area contributed by atoms with Crippen molar-refractivity contribution in [1.29, 1.82) is 0 Å². The number of likely N-dealkylation sites (N-methyl/N-ethyl adjacent to an activating group) is 1. The predicted octanol–water partition coefficient (Wildman–Crippen LogP) is 4.56. The van der Waals surface area contributed by atoms with E-state index in [1.54, 1.807) is 6.07 Å². The van der Waals surface area contributed by atoms with Crippen LogP contribution in [-0.4, -0.2) is 16.8 Å². The van der Waals surface area contributed by atoms with Crippen LogP contribution in [-0.2, 0) is 19.9 Å². The van der Waals surface area contributed by atoms with Crippen LogP contribution in [0, 0.1) is 0 Å². The maximum Gasteiger partial charge on any atom is 0.0766 e. The van der Waals surface area contributed by atoms with Crippen LogP contribution in [0.15, 0.2) is 22.7 Å². The van der Waals surface area contributed by atoms with Crippen molar-refractivity contribution in [2.24, 2.45) is 7.05 Å². The number of aromatic nitrogens is 2. The topological polar surface area (TPSA) is 29.9 Å². The minimum atomic E-state index is 0.103. The zero-order chi connectivity index (χ0) is 15.6. The molecule has 0 saturated heterocycles. The Labute approximate surface area is 143 Å². The largest absolute Gasteiger partial charge is 0.313 e. The number of nitrogens with zero attached hydrogens (tertiary/aromatic N) is 2. The molecule has 6 heteroatoms. The SMILES string of the molecule is CCc1nn(C)c(CC(NC)c2ccc(Cl)cc2Cl)c1Br. The van der Waals surface area contributed by atoms with E-state index in [2.05, 4.69) is 33.3 Å². The molecule has 1 aromatic heterocycles. The highest BCUT2D eigenvalue weighted by Gasteiger charge is 2.19. The van der Waals surface area contributed by atoms with Gasteiger partial charge in [-0.3, -0.25) is 4.68 Å². The molecule has 114 valence electrons. The van der Waals surface area contributed by atoms with Crippen LogP contribution in [0.2, 0.25) is 10.0 Å². The average Bonchev–Trinajstić information content (AvgIpc) is 2.72. The number of benzene rings is 1. The van der Waals surface area contributed by atoms with E-state index >= 15 is 0 Å². The maximum absolute atomic E-state index is 6.32. The Morgan fingerprint density at radius 3 is 2.62 bits per heavy atom. The fourth-order valence-corrected chi connectivity index (χ4v) is 3.70. The van der Waals surface area contributed by atoms with Crippen molar-refractivity contribution in [2.45, 2.75) is 25.8 Å². The van der Waals surface area contributed by atoms with Crippen LogP contribution >= 0.6 is 39.1 Å². The summed E-state index contributed by atoms with van der Waals surface area (Å²) in [6.45, 7) is 2.10. The lowest BCUT2D eigenvalue weighted by Crippen LogP contribution is -2.20. The second kappa shape index (κ2) is 7.14. The van der Waals surface area contributed by atoms with E-state index in [1.165, 1.54) is 0 Å². The number of hydrogen-bond donors (Lipinski definition) is 1. The fraction of sp³-hybridized carbons (Fsp3) is 0.400. The molecule has 3 nitrogen and oxygen atoms in total. The lowest BCUT2D eigenvalue weighted by molar-refractivity contribution is 0.560. The molecule has 1 aromatic carbocycles. The summed E-state index contributed by atoms with van der Waals surface area (Å²) in [5, 5.41) is 9.18. The van der Waals surface area contributed by atoms with E-state index in [1.807, 2.05) is 30.9 Å². The number of nitrogens with one attached hydrogen (secondary N) is 1. The van der Waals surface area contributed by atoms with Crippen LogP contribution in [0.5, 0.6) is 0 Å².